The maximum atomic E-state index is 4.29. The van der Waals surface area contributed by atoms with Crippen molar-refractivity contribution in [3.63, 3.8) is 0 Å². The van der Waals surface area contributed by atoms with Crippen molar-refractivity contribution in [1.82, 2.24) is 15.0 Å². The lowest BCUT2D eigenvalue weighted by molar-refractivity contribution is 0.954. The first kappa shape index (κ1) is 11.1. The highest BCUT2D eigenvalue weighted by Gasteiger charge is 2.03. The summed E-state index contributed by atoms with van der Waals surface area (Å²) < 4.78 is 0. The van der Waals surface area contributed by atoms with Crippen LogP contribution in [0, 0.1) is 0 Å². The quantitative estimate of drug-likeness (QED) is 0.779. The molecule has 0 saturated heterocycles. The summed E-state index contributed by atoms with van der Waals surface area (Å²) in [5.41, 5.74) is 1.08. The molecule has 0 aromatic carbocycles. The standard InChI is InChI=1S/C13H12N4S/c1-2-6-14-10(3-1)4-7-15-12-11-5-8-18-13(11)17-9-16-12/h1-3,5-6,8-9H,4,7H2,(H,15,16,17). The predicted molar refractivity (Wildman–Crippen MR) is 73.8 cm³/mol. The van der Waals surface area contributed by atoms with Gasteiger partial charge in [0.25, 0.3) is 0 Å². The van der Waals surface area contributed by atoms with E-state index in [4.69, 9.17) is 0 Å². The average molecular weight is 256 g/mol. The lowest BCUT2D eigenvalue weighted by atomic mass is 10.2. The fraction of sp³-hybridized carbons (Fsp3) is 0.154. The zero-order valence-electron chi connectivity index (χ0n) is 9.71. The number of aromatic nitrogens is 3. The molecule has 0 fully saturated rings. The van der Waals surface area contributed by atoms with Crippen LogP contribution in [-0.2, 0) is 6.42 Å². The summed E-state index contributed by atoms with van der Waals surface area (Å²) in [5, 5.41) is 6.46. The molecule has 0 aliphatic heterocycles. The Kier molecular flexibility index (Phi) is 3.14. The zero-order valence-corrected chi connectivity index (χ0v) is 10.5. The highest BCUT2D eigenvalue weighted by molar-refractivity contribution is 7.16. The molecule has 90 valence electrons. The van der Waals surface area contributed by atoms with E-state index in [1.807, 2.05) is 35.8 Å². The molecule has 0 radical (unpaired) electrons. The van der Waals surface area contributed by atoms with Crippen molar-refractivity contribution in [2.75, 3.05) is 11.9 Å². The second-order valence-corrected chi connectivity index (χ2v) is 4.75. The molecule has 0 bridgehead atoms. The topological polar surface area (TPSA) is 50.7 Å². The molecule has 0 amide bonds. The molecule has 0 spiro atoms. The molecule has 3 aromatic heterocycles. The Morgan fingerprint density at radius 1 is 1.11 bits per heavy atom. The van der Waals surface area contributed by atoms with Crippen LogP contribution in [0.25, 0.3) is 10.2 Å². The van der Waals surface area contributed by atoms with Gasteiger partial charge in [0.15, 0.2) is 0 Å². The second kappa shape index (κ2) is 5.10. The minimum Gasteiger partial charge on any atom is -0.369 e. The predicted octanol–water partition coefficient (Wildman–Crippen LogP) is 2.74. The van der Waals surface area contributed by atoms with Gasteiger partial charge in [0.05, 0.1) is 5.39 Å². The number of fused-ring (bicyclic) bond motifs is 1. The highest BCUT2D eigenvalue weighted by Crippen LogP contribution is 2.23. The Morgan fingerprint density at radius 3 is 3.00 bits per heavy atom. The third kappa shape index (κ3) is 2.31. The van der Waals surface area contributed by atoms with Crippen molar-refractivity contribution in [3.05, 3.63) is 47.9 Å². The van der Waals surface area contributed by atoms with E-state index in [9.17, 15) is 0 Å². The molecular formula is C13H12N4S. The Balaban J connectivity index is 1.68. The van der Waals surface area contributed by atoms with Crippen molar-refractivity contribution in [2.45, 2.75) is 6.42 Å². The van der Waals surface area contributed by atoms with Crippen LogP contribution in [-0.4, -0.2) is 21.5 Å². The van der Waals surface area contributed by atoms with E-state index in [0.717, 1.165) is 34.7 Å². The number of nitrogens with one attached hydrogen (secondary N) is 1. The highest BCUT2D eigenvalue weighted by atomic mass is 32.1. The Morgan fingerprint density at radius 2 is 2.11 bits per heavy atom. The zero-order chi connectivity index (χ0) is 12.2. The van der Waals surface area contributed by atoms with Gasteiger partial charge >= 0.3 is 0 Å². The molecule has 5 heteroatoms. The minimum absolute atomic E-state index is 0.818. The third-order valence-electron chi connectivity index (χ3n) is 2.66. The van der Waals surface area contributed by atoms with Crippen molar-refractivity contribution >= 4 is 27.4 Å². The minimum atomic E-state index is 0.818. The Labute approximate surface area is 109 Å². The lowest BCUT2D eigenvalue weighted by Crippen LogP contribution is -2.07. The summed E-state index contributed by atoms with van der Waals surface area (Å²) in [5.74, 6) is 0.900. The van der Waals surface area contributed by atoms with E-state index in [1.165, 1.54) is 0 Å². The summed E-state index contributed by atoms with van der Waals surface area (Å²) >= 11 is 1.63. The van der Waals surface area contributed by atoms with E-state index >= 15 is 0 Å². The average Bonchev–Trinajstić information content (AvgIpc) is 2.89. The summed E-state index contributed by atoms with van der Waals surface area (Å²) in [6.45, 7) is 0.818. The van der Waals surface area contributed by atoms with Gasteiger partial charge in [0, 0.05) is 24.9 Å². The maximum Gasteiger partial charge on any atom is 0.138 e. The smallest absolute Gasteiger partial charge is 0.138 e. The molecule has 0 atom stereocenters. The van der Waals surface area contributed by atoms with Crippen LogP contribution in [0.2, 0.25) is 0 Å². The van der Waals surface area contributed by atoms with Crippen LogP contribution in [0.3, 0.4) is 0 Å². The monoisotopic (exact) mass is 256 g/mol. The van der Waals surface area contributed by atoms with Crippen molar-refractivity contribution < 1.29 is 0 Å². The fourth-order valence-corrected chi connectivity index (χ4v) is 2.52. The first-order chi connectivity index (χ1) is 8.93. The number of rotatable bonds is 4. The number of anilines is 1. The largest absolute Gasteiger partial charge is 0.369 e. The molecule has 4 nitrogen and oxygen atoms in total. The first-order valence-corrected chi connectivity index (χ1v) is 6.63. The number of nitrogens with zero attached hydrogens (tertiary/aromatic N) is 3. The Bertz CT molecular complexity index is 636. The van der Waals surface area contributed by atoms with Gasteiger partial charge in [0.1, 0.15) is 17.0 Å². The lowest BCUT2D eigenvalue weighted by Gasteiger charge is -2.05. The van der Waals surface area contributed by atoms with Gasteiger partial charge < -0.3 is 5.32 Å². The van der Waals surface area contributed by atoms with Crippen molar-refractivity contribution in [1.29, 1.82) is 0 Å². The number of pyridine rings is 1. The van der Waals surface area contributed by atoms with E-state index in [0.29, 0.717) is 0 Å². The molecule has 3 rings (SSSR count). The molecule has 0 aliphatic rings. The molecule has 3 aromatic rings. The summed E-state index contributed by atoms with van der Waals surface area (Å²) in [4.78, 5) is 13.8. The van der Waals surface area contributed by atoms with E-state index in [1.54, 1.807) is 17.7 Å². The van der Waals surface area contributed by atoms with E-state index in [-0.39, 0.29) is 0 Å². The first-order valence-electron chi connectivity index (χ1n) is 5.75. The van der Waals surface area contributed by atoms with Gasteiger partial charge in [-0.3, -0.25) is 4.98 Å². The van der Waals surface area contributed by atoms with Gasteiger partial charge in [-0.15, -0.1) is 11.3 Å². The second-order valence-electron chi connectivity index (χ2n) is 3.86. The van der Waals surface area contributed by atoms with Crippen LogP contribution in [0.15, 0.2) is 42.2 Å². The summed E-state index contributed by atoms with van der Waals surface area (Å²) in [6, 6.07) is 8.01. The van der Waals surface area contributed by atoms with Crippen LogP contribution in [0.5, 0.6) is 0 Å². The molecular weight excluding hydrogens is 244 g/mol. The summed E-state index contributed by atoms with van der Waals surface area (Å²) in [6.07, 6.45) is 4.30. The van der Waals surface area contributed by atoms with Gasteiger partial charge in [-0.1, -0.05) is 6.07 Å². The van der Waals surface area contributed by atoms with E-state index < -0.39 is 0 Å². The number of hydrogen-bond acceptors (Lipinski definition) is 5. The molecule has 3 heterocycles. The molecule has 18 heavy (non-hydrogen) atoms. The van der Waals surface area contributed by atoms with Crippen LogP contribution in [0.1, 0.15) is 5.69 Å². The van der Waals surface area contributed by atoms with E-state index in [2.05, 4.69) is 20.3 Å². The Hall–Kier alpha value is -2.01. The molecule has 1 N–H and O–H groups in total. The van der Waals surface area contributed by atoms with Crippen LogP contribution >= 0.6 is 11.3 Å². The SMILES string of the molecule is c1ccc(CCNc2ncnc3sccc23)nc1. The molecule has 0 saturated carbocycles. The summed E-state index contributed by atoms with van der Waals surface area (Å²) in [7, 11) is 0. The van der Waals surface area contributed by atoms with Gasteiger partial charge in [0.2, 0.25) is 0 Å². The fourth-order valence-electron chi connectivity index (χ4n) is 1.79. The van der Waals surface area contributed by atoms with Crippen LogP contribution < -0.4 is 5.32 Å². The van der Waals surface area contributed by atoms with Crippen molar-refractivity contribution in [3.8, 4) is 0 Å². The normalized spacial score (nSPS) is 10.7. The van der Waals surface area contributed by atoms with Gasteiger partial charge in [-0.25, -0.2) is 9.97 Å². The maximum absolute atomic E-state index is 4.29. The van der Waals surface area contributed by atoms with Gasteiger partial charge in [-0.2, -0.15) is 0 Å². The molecule has 0 aliphatic carbocycles. The van der Waals surface area contributed by atoms with Crippen molar-refractivity contribution in [2.24, 2.45) is 0 Å². The number of hydrogen-bond donors (Lipinski definition) is 1. The third-order valence-corrected chi connectivity index (χ3v) is 3.48. The van der Waals surface area contributed by atoms with Gasteiger partial charge in [-0.05, 0) is 23.6 Å². The molecule has 0 unspecified atom stereocenters. The number of thiophene rings is 1. The van der Waals surface area contributed by atoms with Crippen LogP contribution in [0.4, 0.5) is 5.82 Å².